The Morgan fingerprint density at radius 3 is 2.69 bits per heavy atom. The zero-order chi connectivity index (χ0) is 22.7. The van der Waals surface area contributed by atoms with Crippen molar-refractivity contribution in [3.05, 3.63) is 66.1 Å². The molecule has 0 atom stereocenters. The highest BCUT2D eigenvalue weighted by Crippen LogP contribution is 2.30. The maximum Gasteiger partial charge on any atom is 0.269 e. The monoisotopic (exact) mass is 434 g/mol. The summed E-state index contributed by atoms with van der Waals surface area (Å²) < 4.78 is 14.9. The topological polar surface area (TPSA) is 96.1 Å². The lowest BCUT2D eigenvalue weighted by molar-refractivity contribution is -0.128. The van der Waals surface area contributed by atoms with Gasteiger partial charge in [-0.2, -0.15) is 5.10 Å². The van der Waals surface area contributed by atoms with Crippen molar-refractivity contribution in [3.8, 4) is 5.88 Å². The number of anilines is 1. The zero-order valence-corrected chi connectivity index (χ0v) is 18.6. The van der Waals surface area contributed by atoms with Gasteiger partial charge in [-0.15, -0.1) is 5.10 Å². The summed E-state index contributed by atoms with van der Waals surface area (Å²) in [5.74, 6) is 0.519. The fourth-order valence-electron chi connectivity index (χ4n) is 3.35. The van der Waals surface area contributed by atoms with Crippen LogP contribution in [-0.2, 0) is 29.7 Å². The summed E-state index contributed by atoms with van der Waals surface area (Å²) in [6, 6.07) is 11.6. The van der Waals surface area contributed by atoms with Crippen LogP contribution in [0.3, 0.4) is 0 Å². The summed E-state index contributed by atoms with van der Waals surface area (Å²) in [5, 5.41) is 12.5. The van der Waals surface area contributed by atoms with Crippen LogP contribution in [0.5, 0.6) is 5.88 Å². The van der Waals surface area contributed by atoms with E-state index in [2.05, 4.69) is 15.4 Å². The number of methoxy groups -OCH3 is 1. The van der Waals surface area contributed by atoms with Gasteiger partial charge in [-0.1, -0.05) is 12.1 Å². The molecule has 0 aliphatic carbocycles. The average Bonchev–Trinajstić information content (AvgIpc) is 3.32. The first-order valence-corrected chi connectivity index (χ1v) is 10.2. The first-order valence-electron chi connectivity index (χ1n) is 10.2. The molecule has 0 radical (unpaired) electrons. The minimum Gasteiger partial charge on any atom is -0.460 e. The molecule has 0 spiro atoms. The van der Waals surface area contributed by atoms with E-state index in [9.17, 15) is 4.79 Å². The number of hydrogen-bond donors (Lipinski definition) is 1. The van der Waals surface area contributed by atoms with E-state index in [0.717, 1.165) is 22.0 Å². The number of amides is 1. The van der Waals surface area contributed by atoms with Crippen LogP contribution in [0.15, 0.2) is 55.0 Å². The molecule has 1 amide bonds. The molecule has 0 unspecified atom stereocenters. The Kier molecular flexibility index (Phi) is 5.91. The van der Waals surface area contributed by atoms with Gasteiger partial charge in [0.2, 0.25) is 5.88 Å². The highest BCUT2D eigenvalue weighted by Gasteiger charge is 2.32. The maximum absolute atomic E-state index is 12.9. The quantitative estimate of drug-likeness (QED) is 0.458. The molecule has 4 aromatic rings. The van der Waals surface area contributed by atoms with Crippen molar-refractivity contribution in [2.24, 2.45) is 7.05 Å². The number of carbonyl (C=O) groups excluding carboxylic acids is 1. The van der Waals surface area contributed by atoms with Gasteiger partial charge in [-0.25, -0.2) is 0 Å². The van der Waals surface area contributed by atoms with Crippen LogP contribution in [0.25, 0.3) is 10.9 Å². The van der Waals surface area contributed by atoms with Crippen LogP contribution in [0, 0.1) is 0 Å². The molecular formula is C23H26N6O3. The lowest BCUT2D eigenvalue weighted by atomic mass is 10.1. The van der Waals surface area contributed by atoms with Crippen molar-refractivity contribution < 1.29 is 14.3 Å². The van der Waals surface area contributed by atoms with Gasteiger partial charge < -0.3 is 14.8 Å². The molecule has 1 N–H and O–H groups in total. The highest BCUT2D eigenvalue weighted by molar-refractivity contribution is 5.96. The van der Waals surface area contributed by atoms with Crippen molar-refractivity contribution in [1.29, 1.82) is 0 Å². The van der Waals surface area contributed by atoms with E-state index in [1.807, 2.05) is 35.0 Å². The summed E-state index contributed by atoms with van der Waals surface area (Å²) in [5.41, 5.74) is 1.71. The Bertz CT molecular complexity index is 1230. The number of benzene rings is 1. The molecule has 3 aromatic heterocycles. The van der Waals surface area contributed by atoms with Crippen molar-refractivity contribution in [1.82, 2.24) is 24.5 Å². The van der Waals surface area contributed by atoms with Crippen LogP contribution >= 0.6 is 0 Å². The molecule has 9 nitrogen and oxygen atoms in total. The van der Waals surface area contributed by atoms with Crippen molar-refractivity contribution in [2.45, 2.75) is 32.6 Å². The normalized spacial score (nSPS) is 11.6. The van der Waals surface area contributed by atoms with Gasteiger partial charge in [0.05, 0.1) is 24.1 Å². The third kappa shape index (κ3) is 4.62. The second-order valence-electron chi connectivity index (χ2n) is 8.05. The molecule has 0 bridgehead atoms. The van der Waals surface area contributed by atoms with Crippen LogP contribution in [0.1, 0.15) is 25.0 Å². The summed E-state index contributed by atoms with van der Waals surface area (Å²) in [4.78, 5) is 17.1. The number of fused-ring (bicyclic) bond motifs is 1. The molecule has 0 saturated carbocycles. The number of carbonyl (C=O) groups is 1. The van der Waals surface area contributed by atoms with Crippen molar-refractivity contribution >= 4 is 22.6 Å². The summed E-state index contributed by atoms with van der Waals surface area (Å²) in [6.07, 6.45) is 5.30. The Morgan fingerprint density at radius 2 is 2.00 bits per heavy atom. The van der Waals surface area contributed by atoms with Crippen LogP contribution in [0.4, 0.5) is 5.82 Å². The number of pyridine rings is 1. The van der Waals surface area contributed by atoms with Crippen molar-refractivity contribution in [2.75, 3.05) is 12.4 Å². The lowest BCUT2D eigenvalue weighted by Crippen LogP contribution is -2.42. The van der Waals surface area contributed by atoms with Gasteiger partial charge >= 0.3 is 0 Å². The first kappa shape index (κ1) is 21.5. The third-order valence-electron chi connectivity index (χ3n) is 5.00. The summed E-state index contributed by atoms with van der Waals surface area (Å²) in [6.45, 7) is 4.40. The molecule has 4 rings (SSSR count). The molecule has 1 aromatic carbocycles. The molecule has 0 fully saturated rings. The van der Waals surface area contributed by atoms with Gasteiger partial charge in [-0.3, -0.25) is 19.1 Å². The fraction of sp³-hybridized carbons (Fsp3) is 0.304. The van der Waals surface area contributed by atoms with Crippen LogP contribution < -0.4 is 10.1 Å². The Morgan fingerprint density at radius 1 is 1.16 bits per heavy atom. The minimum absolute atomic E-state index is 0.320. The largest absolute Gasteiger partial charge is 0.460 e. The Balaban J connectivity index is 1.66. The van der Waals surface area contributed by atoms with Gasteiger partial charge in [0, 0.05) is 38.8 Å². The minimum atomic E-state index is -1.19. The number of nitrogens with one attached hydrogen (secondary N) is 1. The molecule has 0 aliphatic rings. The maximum atomic E-state index is 12.9. The first-order chi connectivity index (χ1) is 15.4. The molecule has 9 heteroatoms. The number of ether oxygens (including phenoxy) is 2. The van der Waals surface area contributed by atoms with Crippen LogP contribution in [-0.4, -0.2) is 43.2 Å². The molecular weight excluding hydrogens is 408 g/mol. The smallest absolute Gasteiger partial charge is 0.269 e. The number of hydrogen-bond acceptors (Lipinski definition) is 6. The Hall–Kier alpha value is -3.72. The fourth-order valence-corrected chi connectivity index (χ4v) is 3.35. The van der Waals surface area contributed by atoms with E-state index in [0.29, 0.717) is 24.8 Å². The van der Waals surface area contributed by atoms with Gasteiger partial charge in [-0.05, 0) is 43.2 Å². The number of nitrogens with zero attached hydrogens (tertiary/aromatic N) is 5. The molecule has 32 heavy (non-hydrogen) atoms. The lowest BCUT2D eigenvalue weighted by Gasteiger charge is -2.23. The molecule has 3 heterocycles. The van der Waals surface area contributed by atoms with Crippen LogP contribution in [0.2, 0.25) is 0 Å². The number of rotatable bonds is 8. The molecule has 0 aliphatic heterocycles. The SMILES string of the molecule is COCc1ccc2c(c1)c(OC(C)(C)C(=O)Nc1ccn(C)n1)nn2Cc1cccnc1. The zero-order valence-electron chi connectivity index (χ0n) is 18.6. The molecule has 166 valence electrons. The summed E-state index contributed by atoms with van der Waals surface area (Å²) >= 11 is 0. The average molecular weight is 435 g/mol. The van der Waals surface area contributed by atoms with Gasteiger partial charge in [0.15, 0.2) is 11.4 Å². The predicted molar refractivity (Wildman–Crippen MR) is 120 cm³/mol. The van der Waals surface area contributed by atoms with E-state index < -0.39 is 5.60 Å². The second kappa shape index (κ2) is 8.80. The highest BCUT2D eigenvalue weighted by atomic mass is 16.5. The van der Waals surface area contributed by atoms with E-state index >= 15 is 0 Å². The van der Waals surface area contributed by atoms with E-state index in [1.165, 1.54) is 0 Å². The second-order valence-corrected chi connectivity index (χ2v) is 8.05. The van der Waals surface area contributed by atoms with Crippen molar-refractivity contribution in [3.63, 3.8) is 0 Å². The number of aryl methyl sites for hydroxylation is 1. The van der Waals surface area contributed by atoms with E-state index in [4.69, 9.17) is 14.6 Å². The summed E-state index contributed by atoms with van der Waals surface area (Å²) in [7, 11) is 3.44. The number of aromatic nitrogens is 5. The van der Waals surface area contributed by atoms with Gasteiger partial charge in [0.25, 0.3) is 5.91 Å². The van der Waals surface area contributed by atoms with E-state index in [1.54, 1.807) is 57.3 Å². The Labute approximate surface area is 186 Å². The van der Waals surface area contributed by atoms with E-state index in [-0.39, 0.29) is 5.91 Å². The van der Waals surface area contributed by atoms with Gasteiger partial charge in [0.1, 0.15) is 0 Å². The predicted octanol–water partition coefficient (Wildman–Crippen LogP) is 3.16. The standard InChI is InChI=1S/C23H26N6O3/c1-23(2,22(30)25-20-9-11-28(3)26-20)32-21-18-12-16(15-31-4)7-8-19(18)29(27-21)14-17-6-5-10-24-13-17/h5-13H,14-15H2,1-4H3,(H,25,26,30). The molecule has 0 saturated heterocycles. The third-order valence-corrected chi connectivity index (χ3v) is 5.00.